The fourth-order valence-corrected chi connectivity index (χ4v) is 6.77. The van der Waals surface area contributed by atoms with E-state index < -0.39 is 0 Å². The lowest BCUT2D eigenvalue weighted by atomic mass is 9.88. The largest absolute Gasteiger partial charge is 0.383 e. The van der Waals surface area contributed by atoms with E-state index in [1.807, 2.05) is 30.3 Å². The number of carbonyl (C=O) groups excluding carboxylic acids is 1. The topological polar surface area (TPSA) is 100 Å². The highest BCUT2D eigenvalue weighted by atomic mass is 79.9. The van der Waals surface area contributed by atoms with Crippen LogP contribution in [0.1, 0.15) is 24.8 Å². The number of ether oxygens (including phenoxy) is 1. The third-order valence-electron chi connectivity index (χ3n) is 8.31. The smallest absolute Gasteiger partial charge is 0.319 e. The molecule has 2 amide bonds. The van der Waals surface area contributed by atoms with Crippen LogP contribution in [0, 0.1) is 17.7 Å². The van der Waals surface area contributed by atoms with Crippen LogP contribution in [0.5, 0.6) is 0 Å². The lowest BCUT2D eigenvalue weighted by molar-refractivity contribution is 0.0689. The molecule has 12 heteroatoms. The molecule has 5 rings (SSSR count). The van der Waals surface area contributed by atoms with Crippen LogP contribution in [0.3, 0.4) is 0 Å². The van der Waals surface area contributed by atoms with Gasteiger partial charge in [-0.2, -0.15) is 0 Å². The summed E-state index contributed by atoms with van der Waals surface area (Å²) in [7, 11) is 3.52. The molecule has 10 nitrogen and oxygen atoms in total. The predicted molar refractivity (Wildman–Crippen MR) is 164 cm³/mol. The van der Waals surface area contributed by atoms with Crippen LogP contribution in [0.25, 0.3) is 11.4 Å². The van der Waals surface area contributed by atoms with Gasteiger partial charge in [0, 0.05) is 74.6 Å². The fourth-order valence-electron chi connectivity index (χ4n) is 6.28. The number of benzene rings is 2. The zero-order valence-corrected chi connectivity index (χ0v) is 25.9. The molecule has 2 aromatic carbocycles. The molecule has 2 N–H and O–H groups in total. The number of likely N-dealkylation sites (tertiary alicyclic amines) is 2. The fraction of sp³-hybridized carbons (Fsp3) is 0.533. The molecule has 2 aliphatic heterocycles. The molecule has 1 aromatic heterocycles. The summed E-state index contributed by atoms with van der Waals surface area (Å²) < 4.78 is 21.2. The summed E-state index contributed by atoms with van der Waals surface area (Å²) in [6, 6.07) is 12.4. The van der Waals surface area contributed by atoms with Gasteiger partial charge < -0.3 is 25.2 Å². The molecule has 0 aliphatic carbocycles. The number of piperidine rings is 2. The van der Waals surface area contributed by atoms with E-state index in [2.05, 4.69) is 51.9 Å². The highest BCUT2D eigenvalue weighted by Gasteiger charge is 2.33. The first kappa shape index (κ1) is 30.5. The van der Waals surface area contributed by atoms with E-state index in [1.54, 1.807) is 31.0 Å². The number of aromatic nitrogens is 4. The van der Waals surface area contributed by atoms with Crippen molar-refractivity contribution in [3.8, 4) is 11.4 Å². The molecule has 0 radical (unpaired) electrons. The second kappa shape index (κ2) is 14.5. The Morgan fingerprint density at radius 1 is 1.12 bits per heavy atom. The first-order chi connectivity index (χ1) is 20.4. The highest BCUT2D eigenvalue weighted by molar-refractivity contribution is 9.10. The van der Waals surface area contributed by atoms with E-state index >= 15 is 0 Å². The number of aryl methyl sites for hydroxylation is 1. The van der Waals surface area contributed by atoms with Gasteiger partial charge in [0.2, 0.25) is 0 Å². The second-order valence-electron chi connectivity index (χ2n) is 11.5. The van der Waals surface area contributed by atoms with E-state index in [-0.39, 0.29) is 23.8 Å². The van der Waals surface area contributed by atoms with Gasteiger partial charge >= 0.3 is 6.03 Å². The van der Waals surface area contributed by atoms with Crippen molar-refractivity contribution in [2.24, 2.45) is 18.9 Å². The molecule has 0 saturated carbocycles. The van der Waals surface area contributed by atoms with Crippen molar-refractivity contribution in [2.75, 3.05) is 58.3 Å². The standard InChI is InChI=1S/C30H40BrFN8O2/c1-38-29(35-36-37-38)23-15-25(31)17-27(16-23)33-30(41)34-28-9-11-39(12-13-42-2)19-24(28)20-40-10-3-4-22(18-40)14-21-5-7-26(32)8-6-21/h5-8,15-17,22,24,28H,3-4,9-14,18-20H2,1-2H3,(H2,33,34,41)/t22-,24-,28+/m0/s1. The minimum atomic E-state index is -0.219. The number of urea groups is 1. The van der Waals surface area contributed by atoms with Crippen LogP contribution in [-0.4, -0.2) is 95.1 Å². The van der Waals surface area contributed by atoms with Crippen LogP contribution in [0.15, 0.2) is 46.9 Å². The van der Waals surface area contributed by atoms with Crippen molar-refractivity contribution in [3.05, 3.63) is 58.3 Å². The van der Waals surface area contributed by atoms with Gasteiger partial charge in [-0.25, -0.2) is 13.9 Å². The van der Waals surface area contributed by atoms with Crippen LogP contribution < -0.4 is 10.6 Å². The number of nitrogens with zero attached hydrogens (tertiary/aromatic N) is 6. The first-order valence-electron chi connectivity index (χ1n) is 14.6. The number of nitrogens with one attached hydrogen (secondary N) is 2. The quantitative estimate of drug-likeness (QED) is 0.342. The van der Waals surface area contributed by atoms with Crippen LogP contribution >= 0.6 is 15.9 Å². The molecule has 0 bridgehead atoms. The molecule has 2 aliphatic rings. The van der Waals surface area contributed by atoms with Gasteiger partial charge in [-0.15, -0.1) is 5.10 Å². The maximum absolute atomic E-state index is 13.4. The molecule has 3 heterocycles. The summed E-state index contributed by atoms with van der Waals surface area (Å²) in [6.45, 7) is 6.41. The van der Waals surface area contributed by atoms with Crippen LogP contribution in [0.4, 0.5) is 14.9 Å². The van der Waals surface area contributed by atoms with Crippen LogP contribution in [0.2, 0.25) is 0 Å². The van der Waals surface area contributed by atoms with Gasteiger partial charge in [-0.05, 0) is 84.5 Å². The number of rotatable bonds is 10. The second-order valence-corrected chi connectivity index (χ2v) is 12.4. The zero-order valence-electron chi connectivity index (χ0n) is 24.3. The molecule has 2 fully saturated rings. The molecule has 3 aromatic rings. The average molecular weight is 644 g/mol. The predicted octanol–water partition coefficient (Wildman–Crippen LogP) is 4.19. The Labute approximate surface area is 255 Å². The molecule has 3 atom stereocenters. The SMILES string of the molecule is COCCN1CC[C@@H](NC(=O)Nc2cc(Br)cc(-c3nnnn3C)c2)[C@H](CN2CCC[C@@H](Cc3ccc(F)cc3)C2)C1. The summed E-state index contributed by atoms with van der Waals surface area (Å²) in [5.74, 6) is 1.25. The maximum Gasteiger partial charge on any atom is 0.319 e. The molecule has 2 saturated heterocycles. The normalized spacial score (nSPS) is 21.8. The van der Waals surface area contributed by atoms with Crippen LogP contribution in [-0.2, 0) is 18.2 Å². The Morgan fingerprint density at radius 2 is 1.95 bits per heavy atom. The third-order valence-corrected chi connectivity index (χ3v) is 8.77. The Hall–Kier alpha value is -2.93. The molecule has 226 valence electrons. The lowest BCUT2D eigenvalue weighted by Crippen LogP contribution is -2.56. The van der Waals surface area contributed by atoms with Crippen molar-refractivity contribution in [3.63, 3.8) is 0 Å². The summed E-state index contributed by atoms with van der Waals surface area (Å²) >= 11 is 3.54. The maximum atomic E-state index is 13.4. The number of hydrogen-bond donors (Lipinski definition) is 2. The first-order valence-corrected chi connectivity index (χ1v) is 15.4. The summed E-state index contributed by atoms with van der Waals surface area (Å²) in [5, 5.41) is 18.0. The zero-order chi connectivity index (χ0) is 29.5. The van der Waals surface area contributed by atoms with E-state index in [4.69, 9.17) is 4.74 Å². The molecular weight excluding hydrogens is 603 g/mol. The van der Waals surface area contributed by atoms with Crippen molar-refractivity contribution < 1.29 is 13.9 Å². The summed E-state index contributed by atoms with van der Waals surface area (Å²) in [5.41, 5.74) is 2.65. The Balaban J connectivity index is 1.22. The monoisotopic (exact) mass is 642 g/mol. The number of amides is 2. The third kappa shape index (κ3) is 8.33. The van der Waals surface area contributed by atoms with Gasteiger partial charge in [-0.3, -0.25) is 0 Å². The minimum absolute atomic E-state index is 0.0517. The van der Waals surface area contributed by atoms with Crippen molar-refractivity contribution in [1.29, 1.82) is 0 Å². The highest BCUT2D eigenvalue weighted by Crippen LogP contribution is 2.27. The van der Waals surface area contributed by atoms with E-state index in [1.165, 1.54) is 12.0 Å². The Kier molecular flexibility index (Phi) is 10.5. The molecule has 0 spiro atoms. The van der Waals surface area contributed by atoms with Gasteiger partial charge in [0.15, 0.2) is 5.82 Å². The number of carbonyl (C=O) groups is 1. The van der Waals surface area contributed by atoms with Gasteiger partial charge in [-0.1, -0.05) is 28.1 Å². The Morgan fingerprint density at radius 3 is 2.71 bits per heavy atom. The average Bonchev–Trinajstić information content (AvgIpc) is 3.40. The van der Waals surface area contributed by atoms with Gasteiger partial charge in [0.05, 0.1) is 6.61 Å². The van der Waals surface area contributed by atoms with E-state index in [9.17, 15) is 9.18 Å². The van der Waals surface area contributed by atoms with Crippen molar-refractivity contribution >= 4 is 27.6 Å². The summed E-state index contributed by atoms with van der Waals surface area (Å²) in [6.07, 6.45) is 4.17. The number of anilines is 1. The van der Waals surface area contributed by atoms with Crippen molar-refractivity contribution in [1.82, 2.24) is 35.3 Å². The number of methoxy groups -OCH3 is 1. The van der Waals surface area contributed by atoms with Crippen molar-refractivity contribution in [2.45, 2.75) is 31.7 Å². The molecule has 42 heavy (non-hydrogen) atoms. The Bertz CT molecular complexity index is 1320. The molecule has 0 unspecified atom stereocenters. The number of halogens is 2. The van der Waals surface area contributed by atoms with E-state index in [0.29, 0.717) is 24.0 Å². The van der Waals surface area contributed by atoms with Gasteiger partial charge in [0.1, 0.15) is 5.82 Å². The number of hydrogen-bond acceptors (Lipinski definition) is 7. The minimum Gasteiger partial charge on any atom is -0.383 e. The van der Waals surface area contributed by atoms with Gasteiger partial charge in [0.25, 0.3) is 0 Å². The number of tetrazole rings is 1. The lowest BCUT2D eigenvalue weighted by Gasteiger charge is -2.42. The summed E-state index contributed by atoms with van der Waals surface area (Å²) in [4.78, 5) is 18.3. The molecular formula is C30H40BrFN8O2. The van der Waals surface area contributed by atoms with E-state index in [0.717, 1.165) is 68.6 Å².